The van der Waals surface area contributed by atoms with Gasteiger partial charge in [-0.05, 0) is 53.6 Å². The third-order valence-corrected chi connectivity index (χ3v) is 6.94. The summed E-state index contributed by atoms with van der Waals surface area (Å²) >= 11 is 0. The first kappa shape index (κ1) is 24.2. The molecule has 3 rings (SSSR count). The van der Waals surface area contributed by atoms with Crippen LogP contribution in [-0.2, 0) is 19.6 Å². The Kier molecular flexibility index (Phi) is 7.63. The van der Waals surface area contributed by atoms with Gasteiger partial charge in [0.25, 0.3) is 0 Å². The van der Waals surface area contributed by atoms with Gasteiger partial charge in [0.1, 0.15) is 0 Å². The molecule has 0 aliphatic rings. The summed E-state index contributed by atoms with van der Waals surface area (Å²) in [4.78, 5) is 23.9. The molecule has 0 aliphatic heterocycles. The molecular formula is C25H27N3O4S. The quantitative estimate of drug-likeness (QED) is 0.469. The molecule has 0 bridgehead atoms. The Bertz CT molecular complexity index is 1270. The molecule has 2 N–H and O–H groups in total. The minimum Gasteiger partial charge on any atom is -0.348 e. The number of carbonyl (C=O) groups excluding carboxylic acids is 2. The van der Waals surface area contributed by atoms with Crippen LogP contribution in [0.15, 0.2) is 84.3 Å². The van der Waals surface area contributed by atoms with Crippen molar-refractivity contribution in [3.05, 3.63) is 84.9 Å². The second-order valence-electron chi connectivity index (χ2n) is 7.69. The van der Waals surface area contributed by atoms with Crippen LogP contribution in [0.3, 0.4) is 0 Å². The van der Waals surface area contributed by atoms with Gasteiger partial charge in [-0.25, -0.2) is 8.42 Å². The topological polar surface area (TPSA) is 95.6 Å². The predicted molar refractivity (Wildman–Crippen MR) is 130 cm³/mol. The van der Waals surface area contributed by atoms with E-state index in [9.17, 15) is 18.0 Å². The van der Waals surface area contributed by atoms with E-state index in [-0.39, 0.29) is 29.9 Å². The smallest absolute Gasteiger partial charge is 0.243 e. The van der Waals surface area contributed by atoms with Crippen molar-refractivity contribution < 1.29 is 18.0 Å². The van der Waals surface area contributed by atoms with Crippen LogP contribution >= 0.6 is 0 Å². The van der Waals surface area contributed by atoms with Gasteiger partial charge in [0.05, 0.1) is 17.5 Å². The number of benzene rings is 3. The van der Waals surface area contributed by atoms with E-state index in [4.69, 9.17) is 0 Å². The van der Waals surface area contributed by atoms with E-state index in [0.717, 1.165) is 20.6 Å². The third kappa shape index (κ3) is 6.06. The molecule has 0 fully saturated rings. The summed E-state index contributed by atoms with van der Waals surface area (Å²) in [5.74, 6) is -0.674. The Morgan fingerprint density at radius 1 is 1.03 bits per heavy atom. The fourth-order valence-electron chi connectivity index (χ4n) is 3.46. The van der Waals surface area contributed by atoms with Crippen LogP contribution in [0.25, 0.3) is 10.8 Å². The first-order chi connectivity index (χ1) is 15.7. The lowest BCUT2D eigenvalue weighted by Gasteiger charge is -2.22. The maximum Gasteiger partial charge on any atom is 0.243 e. The van der Waals surface area contributed by atoms with Gasteiger partial charge >= 0.3 is 0 Å². The highest BCUT2D eigenvalue weighted by Crippen LogP contribution is 2.21. The maximum atomic E-state index is 13.1. The molecule has 7 nitrogen and oxygen atoms in total. The molecule has 0 spiro atoms. The molecule has 33 heavy (non-hydrogen) atoms. The summed E-state index contributed by atoms with van der Waals surface area (Å²) in [6.45, 7) is 6.47. The van der Waals surface area contributed by atoms with E-state index in [2.05, 4.69) is 17.2 Å². The lowest BCUT2D eigenvalue weighted by molar-refractivity contribution is -0.122. The Labute approximate surface area is 194 Å². The van der Waals surface area contributed by atoms with E-state index in [1.165, 1.54) is 37.3 Å². The lowest BCUT2D eigenvalue weighted by Crippen LogP contribution is -2.41. The Morgan fingerprint density at radius 3 is 2.33 bits per heavy atom. The fourth-order valence-corrected chi connectivity index (χ4v) is 4.83. The van der Waals surface area contributed by atoms with E-state index in [1.807, 2.05) is 49.4 Å². The second-order valence-corrected chi connectivity index (χ2v) is 9.63. The zero-order valence-corrected chi connectivity index (χ0v) is 19.4. The van der Waals surface area contributed by atoms with Gasteiger partial charge in [-0.1, -0.05) is 42.5 Å². The van der Waals surface area contributed by atoms with Gasteiger partial charge in [-0.3, -0.25) is 9.59 Å². The number of anilines is 1. The van der Waals surface area contributed by atoms with Gasteiger partial charge in [0.15, 0.2) is 0 Å². The summed E-state index contributed by atoms with van der Waals surface area (Å²) in [6, 6.07) is 19.4. The van der Waals surface area contributed by atoms with Gasteiger partial charge in [-0.15, -0.1) is 6.58 Å². The molecule has 0 saturated heterocycles. The van der Waals surface area contributed by atoms with E-state index in [0.29, 0.717) is 5.69 Å². The Balaban J connectivity index is 1.72. The molecule has 3 aromatic rings. The standard InChI is InChI=1S/C25H27N3O4S/c1-4-15-28(33(31,32)24-13-11-23(12-14-24)27-19(3)29)17-25(30)26-18(2)21-10-9-20-7-5-6-8-22(20)16-21/h4-14,16,18H,1,15,17H2,2-3H3,(H,26,30)(H,27,29)/t18-/m1/s1. The molecule has 0 unspecified atom stereocenters. The van der Waals surface area contributed by atoms with E-state index < -0.39 is 15.9 Å². The average Bonchev–Trinajstić information content (AvgIpc) is 2.78. The minimum atomic E-state index is -3.94. The number of hydrogen-bond acceptors (Lipinski definition) is 4. The molecule has 0 aromatic heterocycles. The molecule has 0 aliphatic carbocycles. The van der Waals surface area contributed by atoms with E-state index in [1.54, 1.807) is 0 Å². The van der Waals surface area contributed by atoms with Crippen molar-refractivity contribution in [1.29, 1.82) is 0 Å². The van der Waals surface area contributed by atoms with Crippen molar-refractivity contribution in [3.8, 4) is 0 Å². The van der Waals surface area contributed by atoms with Gasteiger partial charge in [-0.2, -0.15) is 4.31 Å². The largest absolute Gasteiger partial charge is 0.348 e. The van der Waals surface area contributed by atoms with Crippen LogP contribution in [0, 0.1) is 0 Å². The number of rotatable bonds is 9. The predicted octanol–water partition coefficient (Wildman–Crippen LogP) is 3.85. The van der Waals surface area contributed by atoms with Gasteiger partial charge < -0.3 is 10.6 Å². The summed E-state index contributed by atoms with van der Waals surface area (Å²) in [6.07, 6.45) is 1.43. The summed E-state index contributed by atoms with van der Waals surface area (Å²) in [5.41, 5.74) is 1.41. The number of hydrogen-bond donors (Lipinski definition) is 2. The van der Waals surface area contributed by atoms with Crippen molar-refractivity contribution in [2.45, 2.75) is 24.8 Å². The monoisotopic (exact) mass is 465 g/mol. The molecule has 172 valence electrons. The normalized spacial score (nSPS) is 12.3. The number of nitrogens with one attached hydrogen (secondary N) is 2. The average molecular weight is 466 g/mol. The SMILES string of the molecule is C=CCN(CC(=O)N[C@H](C)c1ccc2ccccc2c1)S(=O)(=O)c1ccc(NC(C)=O)cc1. The van der Waals surface area contributed by atoms with Crippen molar-refractivity contribution in [2.24, 2.45) is 0 Å². The number of carbonyl (C=O) groups is 2. The molecule has 0 radical (unpaired) electrons. The van der Waals surface area contributed by atoms with Crippen molar-refractivity contribution in [1.82, 2.24) is 9.62 Å². The summed E-state index contributed by atoms with van der Waals surface area (Å²) in [7, 11) is -3.94. The molecular weight excluding hydrogens is 438 g/mol. The zero-order valence-electron chi connectivity index (χ0n) is 18.6. The lowest BCUT2D eigenvalue weighted by atomic mass is 10.0. The second kappa shape index (κ2) is 10.4. The maximum absolute atomic E-state index is 13.1. The highest BCUT2D eigenvalue weighted by Gasteiger charge is 2.26. The van der Waals surface area contributed by atoms with Crippen molar-refractivity contribution in [3.63, 3.8) is 0 Å². The van der Waals surface area contributed by atoms with Crippen LogP contribution in [0.4, 0.5) is 5.69 Å². The molecule has 0 heterocycles. The van der Waals surface area contributed by atoms with Crippen molar-refractivity contribution in [2.75, 3.05) is 18.4 Å². The number of fused-ring (bicyclic) bond motifs is 1. The van der Waals surface area contributed by atoms with Gasteiger partial charge in [0, 0.05) is 19.2 Å². The molecule has 3 aromatic carbocycles. The number of sulfonamides is 1. The summed E-state index contributed by atoms with van der Waals surface area (Å²) < 4.78 is 27.3. The molecule has 2 amide bonds. The van der Waals surface area contributed by atoms with Gasteiger partial charge in [0.2, 0.25) is 21.8 Å². The molecule has 0 saturated carbocycles. The highest BCUT2D eigenvalue weighted by molar-refractivity contribution is 7.89. The van der Waals surface area contributed by atoms with Crippen LogP contribution in [-0.4, -0.2) is 37.6 Å². The van der Waals surface area contributed by atoms with Crippen LogP contribution in [0.1, 0.15) is 25.5 Å². The molecule has 8 heteroatoms. The van der Waals surface area contributed by atoms with Crippen LogP contribution in [0.5, 0.6) is 0 Å². The van der Waals surface area contributed by atoms with Crippen molar-refractivity contribution >= 4 is 38.3 Å². The minimum absolute atomic E-state index is 0.0203. The first-order valence-corrected chi connectivity index (χ1v) is 11.9. The van der Waals surface area contributed by atoms with E-state index >= 15 is 0 Å². The van der Waals surface area contributed by atoms with Crippen LogP contribution < -0.4 is 10.6 Å². The third-order valence-electron chi connectivity index (χ3n) is 5.12. The number of amides is 2. The molecule has 1 atom stereocenters. The number of nitrogens with zero attached hydrogens (tertiary/aromatic N) is 1. The zero-order chi connectivity index (χ0) is 24.0. The highest BCUT2D eigenvalue weighted by atomic mass is 32.2. The Hall–Kier alpha value is -3.49. The summed E-state index contributed by atoms with van der Waals surface area (Å²) in [5, 5.41) is 7.64. The fraction of sp³-hybridized carbons (Fsp3) is 0.200. The first-order valence-electron chi connectivity index (χ1n) is 10.5. The Morgan fingerprint density at radius 2 is 1.70 bits per heavy atom. The van der Waals surface area contributed by atoms with Crippen LogP contribution in [0.2, 0.25) is 0 Å².